The number of hydrogen-bond acceptors (Lipinski definition) is 8. The van der Waals surface area contributed by atoms with Crippen LogP contribution in [0.5, 0.6) is 40.2 Å². The van der Waals surface area contributed by atoms with Gasteiger partial charge in [-0.2, -0.15) is 0 Å². The highest BCUT2D eigenvalue weighted by Crippen LogP contribution is 2.38. The molecule has 5 rings (SSSR count). The van der Waals surface area contributed by atoms with Crippen molar-refractivity contribution in [2.45, 2.75) is 25.3 Å². The second-order valence-corrected chi connectivity index (χ2v) is 10.4. The summed E-state index contributed by atoms with van der Waals surface area (Å²) in [7, 11) is 4.76. The van der Waals surface area contributed by atoms with Crippen LogP contribution in [0.1, 0.15) is 29.6 Å². The molecule has 1 amide bonds. The van der Waals surface area contributed by atoms with Crippen LogP contribution in [0.25, 0.3) is 0 Å². The Balaban J connectivity index is 1.15. The number of amides is 1. The van der Waals surface area contributed by atoms with Crippen LogP contribution in [0.4, 0.5) is 5.69 Å². The smallest absolute Gasteiger partial charge is 0.256 e. The van der Waals surface area contributed by atoms with Crippen molar-refractivity contribution in [3.63, 3.8) is 0 Å². The van der Waals surface area contributed by atoms with Gasteiger partial charge in [-0.05, 0) is 71.8 Å². The van der Waals surface area contributed by atoms with Gasteiger partial charge in [0, 0.05) is 31.3 Å². The van der Waals surface area contributed by atoms with Gasteiger partial charge in [0.2, 0.25) is 0 Å². The van der Waals surface area contributed by atoms with Crippen molar-refractivity contribution in [3.05, 3.63) is 57.7 Å². The topological polar surface area (TPSA) is 88.1 Å². The molecule has 0 aliphatic carbocycles. The zero-order valence-corrected chi connectivity index (χ0v) is 24.8. The van der Waals surface area contributed by atoms with E-state index in [1.807, 2.05) is 35.4 Å². The van der Waals surface area contributed by atoms with Crippen LogP contribution < -0.4 is 28.4 Å². The van der Waals surface area contributed by atoms with E-state index < -0.39 is 0 Å². The number of benzene rings is 3. The maximum atomic E-state index is 13.0. The molecule has 0 N–H and O–H groups in total. The van der Waals surface area contributed by atoms with Crippen molar-refractivity contribution in [1.82, 2.24) is 4.90 Å². The molecule has 1 fully saturated rings. The Bertz CT molecular complexity index is 1410. The molecular weight excluding hydrogens is 627 g/mol. The molecule has 2 aliphatic heterocycles. The van der Waals surface area contributed by atoms with Gasteiger partial charge in [-0.25, -0.2) is 0 Å². The normalized spacial score (nSPS) is 15.7. The Morgan fingerprint density at radius 2 is 1.57 bits per heavy atom. The first-order chi connectivity index (χ1) is 19.5. The Morgan fingerprint density at radius 3 is 2.35 bits per heavy atom. The minimum absolute atomic E-state index is 0.0111. The van der Waals surface area contributed by atoms with E-state index in [0.717, 1.165) is 28.7 Å². The van der Waals surface area contributed by atoms with Gasteiger partial charge in [0.05, 0.1) is 55.4 Å². The lowest BCUT2D eigenvalue weighted by Crippen LogP contribution is -2.35. The van der Waals surface area contributed by atoms with Gasteiger partial charge in [-0.3, -0.25) is 9.79 Å². The highest BCUT2D eigenvalue weighted by atomic mass is 127. The van der Waals surface area contributed by atoms with Crippen LogP contribution in [0, 0.1) is 3.57 Å². The van der Waals surface area contributed by atoms with Crippen molar-refractivity contribution in [2.75, 3.05) is 41.1 Å². The molecule has 3 aromatic carbocycles. The molecule has 0 radical (unpaired) electrons. The van der Waals surface area contributed by atoms with Gasteiger partial charge < -0.3 is 33.3 Å². The average Bonchev–Trinajstić information content (AvgIpc) is 3.40. The largest absolute Gasteiger partial charge is 0.493 e. The number of fused-ring (bicyclic) bond motifs is 2. The van der Waals surface area contributed by atoms with Gasteiger partial charge in [-0.1, -0.05) is 0 Å². The van der Waals surface area contributed by atoms with Crippen LogP contribution >= 0.6 is 22.6 Å². The van der Waals surface area contributed by atoms with E-state index in [0.29, 0.717) is 65.4 Å². The third-order valence-electron chi connectivity index (χ3n) is 6.76. The van der Waals surface area contributed by atoms with E-state index in [1.165, 1.54) is 0 Å². The minimum atomic E-state index is -0.0111. The summed E-state index contributed by atoms with van der Waals surface area (Å²) in [5, 5.41) is 0. The lowest BCUT2D eigenvalue weighted by atomic mass is 10.1. The summed E-state index contributed by atoms with van der Waals surface area (Å²) < 4.78 is 35.0. The quantitative estimate of drug-likeness (QED) is 0.177. The molecule has 0 bridgehead atoms. The summed E-state index contributed by atoms with van der Waals surface area (Å²) in [6, 6.07) is 14.7. The second-order valence-electron chi connectivity index (χ2n) is 9.27. The fourth-order valence-electron chi connectivity index (χ4n) is 4.71. The lowest BCUT2D eigenvalue weighted by molar-refractivity contribution is 0.0774. The summed E-state index contributed by atoms with van der Waals surface area (Å²) in [4.78, 5) is 19.5. The highest BCUT2D eigenvalue weighted by molar-refractivity contribution is 14.1. The molecule has 10 heteroatoms. The molecule has 2 heterocycles. The minimum Gasteiger partial charge on any atom is -0.493 e. The SMILES string of the molecule is COc1ccc(Oc2ccc(OCCCOc3cc4c(cc3OC)C(=O)N3CCC[C@H]3C=N4)cc2I)cc1OC. The van der Waals surface area contributed by atoms with E-state index in [9.17, 15) is 4.79 Å². The van der Waals surface area contributed by atoms with Gasteiger partial charge in [0.25, 0.3) is 5.91 Å². The number of carbonyl (C=O) groups excluding carboxylic acids is 1. The Kier molecular flexibility index (Phi) is 8.83. The lowest BCUT2D eigenvalue weighted by Gasteiger charge is -2.20. The maximum Gasteiger partial charge on any atom is 0.256 e. The molecule has 0 unspecified atom stereocenters. The van der Waals surface area contributed by atoms with Crippen LogP contribution in [-0.2, 0) is 0 Å². The van der Waals surface area contributed by atoms with Gasteiger partial charge in [-0.15, -0.1) is 0 Å². The standard InChI is InChI=1S/C30H31IN2O7/c1-35-26-10-8-21(15-27(26)36-2)40-25-9-7-20(14-23(25)31)38-12-5-13-39-29-17-24-22(16-28(29)37-3)30(34)33-11-4-6-19(33)18-32-24/h7-10,14-19H,4-6,11-13H2,1-3H3/t19-/m0/s1. The Hall–Kier alpha value is -3.67. The van der Waals surface area contributed by atoms with Crippen LogP contribution in [0.2, 0.25) is 0 Å². The molecule has 2 aliphatic rings. The monoisotopic (exact) mass is 658 g/mol. The van der Waals surface area contributed by atoms with E-state index >= 15 is 0 Å². The Morgan fingerprint density at radius 1 is 0.850 bits per heavy atom. The molecule has 0 aromatic heterocycles. The summed E-state index contributed by atoms with van der Waals surface area (Å²) in [5.74, 6) is 4.39. The number of nitrogens with zero attached hydrogens (tertiary/aromatic N) is 2. The fourth-order valence-corrected chi connectivity index (χ4v) is 5.31. The summed E-state index contributed by atoms with van der Waals surface area (Å²) >= 11 is 2.22. The molecule has 1 atom stereocenters. The van der Waals surface area contributed by atoms with Crippen LogP contribution in [0.3, 0.4) is 0 Å². The number of halogens is 1. The van der Waals surface area contributed by atoms with Gasteiger partial charge in [0.15, 0.2) is 23.0 Å². The van der Waals surface area contributed by atoms with Gasteiger partial charge in [0.1, 0.15) is 17.2 Å². The molecular formula is C30H31IN2O7. The third kappa shape index (κ3) is 6.06. The number of hydrogen-bond donors (Lipinski definition) is 0. The first-order valence-electron chi connectivity index (χ1n) is 13.0. The second kappa shape index (κ2) is 12.7. The summed E-state index contributed by atoms with van der Waals surface area (Å²) in [6.45, 7) is 1.63. The van der Waals surface area contributed by atoms with E-state index in [4.69, 9.17) is 28.4 Å². The van der Waals surface area contributed by atoms with Crippen molar-refractivity contribution in [1.29, 1.82) is 0 Å². The van der Waals surface area contributed by atoms with E-state index in [2.05, 4.69) is 27.6 Å². The molecule has 0 saturated carbocycles. The van der Waals surface area contributed by atoms with Crippen molar-refractivity contribution in [3.8, 4) is 40.2 Å². The maximum absolute atomic E-state index is 13.0. The summed E-state index contributed by atoms with van der Waals surface area (Å²) in [5.41, 5.74) is 1.15. The average molecular weight is 658 g/mol. The summed E-state index contributed by atoms with van der Waals surface area (Å²) in [6.07, 6.45) is 4.45. The van der Waals surface area contributed by atoms with Gasteiger partial charge >= 0.3 is 0 Å². The van der Waals surface area contributed by atoms with E-state index in [1.54, 1.807) is 45.6 Å². The first kappa shape index (κ1) is 27.9. The van der Waals surface area contributed by atoms with Crippen molar-refractivity contribution >= 4 is 40.4 Å². The first-order valence-corrected chi connectivity index (χ1v) is 14.1. The molecule has 40 heavy (non-hydrogen) atoms. The zero-order chi connectivity index (χ0) is 28.1. The van der Waals surface area contributed by atoms with Crippen LogP contribution in [-0.4, -0.2) is 64.2 Å². The Labute approximate surface area is 247 Å². The number of aliphatic imine (C=N–C) groups is 1. The number of rotatable bonds is 11. The fraction of sp³-hybridized carbons (Fsp3) is 0.333. The number of ether oxygens (including phenoxy) is 6. The number of carbonyl (C=O) groups is 1. The third-order valence-corrected chi connectivity index (χ3v) is 7.60. The zero-order valence-electron chi connectivity index (χ0n) is 22.6. The molecule has 9 nitrogen and oxygen atoms in total. The van der Waals surface area contributed by atoms with E-state index in [-0.39, 0.29) is 11.9 Å². The van der Waals surface area contributed by atoms with Crippen LogP contribution in [0.15, 0.2) is 53.5 Å². The number of methoxy groups -OCH3 is 3. The predicted octanol–water partition coefficient (Wildman–Crippen LogP) is 6.28. The molecule has 0 spiro atoms. The molecule has 210 valence electrons. The van der Waals surface area contributed by atoms with Crippen molar-refractivity contribution in [2.24, 2.45) is 4.99 Å². The molecule has 3 aromatic rings. The molecule has 1 saturated heterocycles. The predicted molar refractivity (Wildman–Crippen MR) is 160 cm³/mol. The van der Waals surface area contributed by atoms with Crippen molar-refractivity contribution < 1.29 is 33.2 Å². The highest BCUT2D eigenvalue weighted by Gasteiger charge is 2.32.